The fourth-order valence-electron chi connectivity index (χ4n) is 7.86. The average molecular weight is 521 g/mol. The number of fused-ring (bicyclic) bond motifs is 13. The van der Waals surface area contributed by atoms with Gasteiger partial charge in [-0.05, 0) is 99.4 Å². The molecule has 0 heteroatoms. The van der Waals surface area contributed by atoms with Crippen LogP contribution in [0.4, 0.5) is 0 Å². The van der Waals surface area contributed by atoms with Crippen LogP contribution < -0.4 is 0 Å². The Kier molecular flexibility index (Phi) is 4.49. The van der Waals surface area contributed by atoms with E-state index in [-0.39, 0.29) is 5.41 Å². The van der Waals surface area contributed by atoms with Crippen LogP contribution >= 0.6 is 0 Å². The predicted octanol–water partition coefficient (Wildman–Crippen LogP) is 11.4. The van der Waals surface area contributed by atoms with E-state index in [0.717, 1.165) is 0 Å². The molecule has 0 aliphatic heterocycles. The summed E-state index contributed by atoms with van der Waals surface area (Å²) in [6, 6.07) is 49.7. The molecule has 1 aliphatic carbocycles. The second-order valence-corrected chi connectivity index (χ2v) is 12.1. The minimum Gasteiger partial charge on any atom is -0.0616 e. The first kappa shape index (κ1) is 22.8. The number of benzene rings is 8. The molecule has 0 nitrogen and oxygen atoms in total. The van der Waals surface area contributed by atoms with Gasteiger partial charge < -0.3 is 0 Å². The predicted molar refractivity (Wildman–Crippen MR) is 177 cm³/mol. The third-order valence-corrected chi connectivity index (χ3v) is 9.55. The molecule has 0 fully saturated rings. The summed E-state index contributed by atoms with van der Waals surface area (Å²) in [5.41, 5.74) is 8.13. The smallest absolute Gasteiger partial charge is 0.0171 e. The van der Waals surface area contributed by atoms with Crippen molar-refractivity contribution < 1.29 is 0 Å². The normalized spacial score (nSPS) is 13.8. The maximum atomic E-state index is 2.45. The van der Waals surface area contributed by atoms with Crippen molar-refractivity contribution in [2.45, 2.75) is 19.3 Å². The second-order valence-electron chi connectivity index (χ2n) is 12.1. The highest BCUT2D eigenvalue weighted by molar-refractivity contribution is 6.21. The Labute approximate surface area is 239 Å². The van der Waals surface area contributed by atoms with Gasteiger partial charge in [-0.2, -0.15) is 0 Å². The van der Waals surface area contributed by atoms with E-state index >= 15 is 0 Å². The van der Waals surface area contributed by atoms with E-state index in [1.807, 2.05) is 0 Å². The van der Waals surface area contributed by atoms with Crippen molar-refractivity contribution in [2.75, 3.05) is 0 Å². The van der Waals surface area contributed by atoms with Gasteiger partial charge in [0.05, 0.1) is 0 Å². The van der Waals surface area contributed by atoms with Crippen LogP contribution in [0.25, 0.3) is 76.1 Å². The molecule has 41 heavy (non-hydrogen) atoms. The van der Waals surface area contributed by atoms with Gasteiger partial charge >= 0.3 is 0 Å². The molecule has 8 aromatic carbocycles. The fraction of sp³-hybridized carbons (Fsp3) is 0.0732. The molecule has 0 saturated carbocycles. The van der Waals surface area contributed by atoms with Gasteiger partial charge in [0.2, 0.25) is 0 Å². The van der Waals surface area contributed by atoms with Gasteiger partial charge in [-0.25, -0.2) is 0 Å². The molecule has 0 atom stereocenters. The van der Waals surface area contributed by atoms with Crippen LogP contribution in [0.1, 0.15) is 25.0 Å². The van der Waals surface area contributed by atoms with E-state index in [1.165, 1.54) is 87.2 Å². The van der Waals surface area contributed by atoms with E-state index in [4.69, 9.17) is 0 Å². The summed E-state index contributed by atoms with van der Waals surface area (Å²) in [7, 11) is 0. The molecular formula is C41H28. The first-order chi connectivity index (χ1) is 20.1. The Balaban J connectivity index is 1.40. The molecule has 0 amide bonds. The van der Waals surface area contributed by atoms with Gasteiger partial charge in [-0.1, -0.05) is 135 Å². The van der Waals surface area contributed by atoms with Crippen molar-refractivity contribution in [2.24, 2.45) is 0 Å². The molecule has 0 bridgehead atoms. The second kappa shape index (κ2) is 8.05. The van der Waals surface area contributed by atoms with Gasteiger partial charge in [-0.3, -0.25) is 0 Å². The summed E-state index contributed by atoms with van der Waals surface area (Å²) in [5.74, 6) is 0. The summed E-state index contributed by atoms with van der Waals surface area (Å²) >= 11 is 0. The van der Waals surface area contributed by atoms with Crippen molar-refractivity contribution >= 4 is 53.9 Å². The maximum absolute atomic E-state index is 2.45. The zero-order chi connectivity index (χ0) is 27.3. The molecule has 0 spiro atoms. The van der Waals surface area contributed by atoms with Crippen LogP contribution in [-0.4, -0.2) is 0 Å². The van der Waals surface area contributed by atoms with Crippen LogP contribution in [0.3, 0.4) is 0 Å². The molecule has 0 heterocycles. The maximum Gasteiger partial charge on any atom is 0.0171 e. The van der Waals surface area contributed by atoms with Crippen molar-refractivity contribution in [1.82, 2.24) is 0 Å². The molecule has 8 aromatic rings. The number of rotatable bonds is 1. The lowest BCUT2D eigenvalue weighted by molar-refractivity contribution is 0.672. The van der Waals surface area contributed by atoms with Gasteiger partial charge in [0, 0.05) is 5.41 Å². The molecule has 0 N–H and O–H groups in total. The van der Waals surface area contributed by atoms with Crippen molar-refractivity contribution in [3.8, 4) is 22.3 Å². The van der Waals surface area contributed by atoms with E-state index in [9.17, 15) is 0 Å². The minimum atomic E-state index is -0.120. The number of hydrogen-bond acceptors (Lipinski definition) is 0. The minimum absolute atomic E-state index is 0.120. The van der Waals surface area contributed by atoms with Gasteiger partial charge in [-0.15, -0.1) is 0 Å². The Morgan fingerprint density at radius 1 is 0.366 bits per heavy atom. The summed E-state index contributed by atoms with van der Waals surface area (Å²) in [4.78, 5) is 0. The highest BCUT2D eigenvalue weighted by Crippen LogP contribution is 2.56. The van der Waals surface area contributed by atoms with Crippen LogP contribution in [0.5, 0.6) is 0 Å². The van der Waals surface area contributed by atoms with E-state index in [0.29, 0.717) is 0 Å². The molecule has 0 saturated heterocycles. The summed E-state index contributed by atoms with van der Waals surface area (Å²) in [6.07, 6.45) is 0. The van der Waals surface area contributed by atoms with Crippen LogP contribution in [0.2, 0.25) is 0 Å². The standard InChI is InChI=1S/C41H28/c1-41(2)39-29-14-6-3-11-25(29)19-22-35(39)38-33-18-10-9-17-32(33)37-24-27(20-21-34(37)40(38)41)36-23-26-12-4-5-13-28(26)30-15-7-8-16-31(30)36/h3-24H,1-2H3. The summed E-state index contributed by atoms with van der Waals surface area (Å²) in [5, 5.41) is 13.2. The molecule has 9 rings (SSSR count). The Morgan fingerprint density at radius 3 is 1.76 bits per heavy atom. The Hall–Kier alpha value is -4.94. The third-order valence-electron chi connectivity index (χ3n) is 9.55. The molecule has 0 unspecified atom stereocenters. The molecule has 1 aliphatic rings. The highest BCUT2D eigenvalue weighted by Gasteiger charge is 2.39. The van der Waals surface area contributed by atoms with Gasteiger partial charge in [0.15, 0.2) is 0 Å². The Morgan fingerprint density at radius 2 is 0.976 bits per heavy atom. The molecular weight excluding hydrogens is 492 g/mol. The lowest BCUT2D eigenvalue weighted by Crippen LogP contribution is -2.16. The third kappa shape index (κ3) is 3.00. The van der Waals surface area contributed by atoms with E-state index < -0.39 is 0 Å². The molecule has 0 radical (unpaired) electrons. The van der Waals surface area contributed by atoms with Crippen molar-refractivity contribution in [3.05, 3.63) is 145 Å². The SMILES string of the molecule is CC1(C)c2c(ccc3ccccc23)-c2c1c1ccc(-c3cc4ccccc4c4ccccc34)cc1c1ccccc21. The lowest BCUT2D eigenvalue weighted by Gasteiger charge is -2.25. The molecule has 0 aromatic heterocycles. The highest BCUT2D eigenvalue weighted by atomic mass is 14.4. The summed E-state index contributed by atoms with van der Waals surface area (Å²) in [6.45, 7) is 4.84. The first-order valence-corrected chi connectivity index (χ1v) is 14.5. The number of hydrogen-bond donors (Lipinski definition) is 0. The van der Waals surface area contributed by atoms with E-state index in [1.54, 1.807) is 0 Å². The van der Waals surface area contributed by atoms with Crippen LogP contribution in [0, 0.1) is 0 Å². The van der Waals surface area contributed by atoms with Gasteiger partial charge in [0.25, 0.3) is 0 Å². The monoisotopic (exact) mass is 520 g/mol. The first-order valence-electron chi connectivity index (χ1n) is 14.5. The fourth-order valence-corrected chi connectivity index (χ4v) is 7.86. The van der Waals surface area contributed by atoms with Crippen LogP contribution in [-0.2, 0) is 5.41 Å². The lowest BCUT2D eigenvalue weighted by atomic mass is 9.77. The van der Waals surface area contributed by atoms with E-state index in [2.05, 4.69) is 147 Å². The van der Waals surface area contributed by atoms with Crippen molar-refractivity contribution in [3.63, 3.8) is 0 Å². The van der Waals surface area contributed by atoms with Gasteiger partial charge in [0.1, 0.15) is 0 Å². The van der Waals surface area contributed by atoms with Crippen molar-refractivity contribution in [1.29, 1.82) is 0 Å². The Bertz CT molecular complexity index is 2390. The quantitative estimate of drug-likeness (QED) is 0.189. The molecule has 192 valence electrons. The summed E-state index contributed by atoms with van der Waals surface area (Å²) < 4.78 is 0. The van der Waals surface area contributed by atoms with Crippen LogP contribution in [0.15, 0.2) is 133 Å². The zero-order valence-corrected chi connectivity index (χ0v) is 23.2. The largest absolute Gasteiger partial charge is 0.0616 e. The zero-order valence-electron chi connectivity index (χ0n) is 23.2. The average Bonchev–Trinajstić information content (AvgIpc) is 3.28. The topological polar surface area (TPSA) is 0 Å².